The molecular weight excluding hydrogens is 290 g/mol. The van der Waals surface area contributed by atoms with E-state index >= 15 is 0 Å². The Hall–Kier alpha value is -2.24. The SMILES string of the molecule is O=C(OCC1CC=CCC1)c1ccc2nc(C(F)F)[nH]c2c1. The van der Waals surface area contributed by atoms with E-state index in [2.05, 4.69) is 22.1 Å². The summed E-state index contributed by atoms with van der Waals surface area (Å²) in [5, 5.41) is 0. The van der Waals surface area contributed by atoms with E-state index in [1.165, 1.54) is 12.1 Å². The summed E-state index contributed by atoms with van der Waals surface area (Å²) in [4.78, 5) is 18.3. The van der Waals surface area contributed by atoms with Crippen molar-refractivity contribution in [3.63, 3.8) is 0 Å². The van der Waals surface area contributed by atoms with Crippen molar-refractivity contribution >= 4 is 17.0 Å². The highest BCUT2D eigenvalue weighted by molar-refractivity contribution is 5.93. The van der Waals surface area contributed by atoms with Gasteiger partial charge in [-0.05, 0) is 43.4 Å². The number of aromatic amines is 1. The fourth-order valence-corrected chi connectivity index (χ4v) is 2.54. The van der Waals surface area contributed by atoms with Crippen molar-refractivity contribution in [3.8, 4) is 0 Å². The van der Waals surface area contributed by atoms with E-state index in [1.54, 1.807) is 6.07 Å². The molecule has 0 aliphatic heterocycles. The van der Waals surface area contributed by atoms with Crippen molar-refractivity contribution in [3.05, 3.63) is 41.7 Å². The number of rotatable bonds is 4. The maximum atomic E-state index is 12.6. The summed E-state index contributed by atoms with van der Waals surface area (Å²) in [5.41, 5.74) is 1.15. The minimum atomic E-state index is -2.66. The molecule has 6 heteroatoms. The molecule has 1 aliphatic rings. The van der Waals surface area contributed by atoms with E-state index in [0.717, 1.165) is 19.3 Å². The maximum absolute atomic E-state index is 12.6. The first-order valence-corrected chi connectivity index (χ1v) is 7.23. The molecule has 2 aromatic rings. The lowest BCUT2D eigenvalue weighted by Crippen LogP contribution is -2.15. The Kier molecular flexibility index (Phi) is 4.18. The molecule has 0 fully saturated rings. The van der Waals surface area contributed by atoms with E-state index in [9.17, 15) is 13.6 Å². The van der Waals surface area contributed by atoms with Gasteiger partial charge >= 0.3 is 5.97 Å². The lowest BCUT2D eigenvalue weighted by atomic mass is 9.95. The zero-order chi connectivity index (χ0) is 15.5. The van der Waals surface area contributed by atoms with Gasteiger partial charge in [-0.1, -0.05) is 12.2 Å². The van der Waals surface area contributed by atoms with Crippen LogP contribution in [-0.2, 0) is 4.74 Å². The molecule has 0 spiro atoms. The van der Waals surface area contributed by atoms with Crippen molar-refractivity contribution in [1.82, 2.24) is 9.97 Å². The number of ether oxygens (including phenoxy) is 1. The molecule has 1 aromatic heterocycles. The standard InChI is InChI=1S/C16H16F2N2O2/c17-14(18)15-19-12-7-6-11(8-13(12)20-15)16(21)22-9-10-4-2-1-3-5-10/h1-2,6-8,10,14H,3-5,9H2,(H,19,20). The number of nitrogens with one attached hydrogen (secondary N) is 1. The summed E-state index contributed by atoms with van der Waals surface area (Å²) in [6.07, 6.45) is 4.52. The Morgan fingerprint density at radius 3 is 3.00 bits per heavy atom. The minimum Gasteiger partial charge on any atom is -0.462 e. The Morgan fingerprint density at radius 2 is 2.27 bits per heavy atom. The first-order chi connectivity index (χ1) is 10.6. The van der Waals surface area contributed by atoms with Crippen LogP contribution in [0.5, 0.6) is 0 Å². The number of esters is 1. The first kappa shape index (κ1) is 14.7. The molecule has 0 saturated heterocycles. The molecular formula is C16H16F2N2O2. The summed E-state index contributed by atoms with van der Waals surface area (Å²) in [6.45, 7) is 0.381. The van der Waals surface area contributed by atoms with Crippen molar-refractivity contribution in [2.75, 3.05) is 6.61 Å². The quantitative estimate of drug-likeness (QED) is 0.686. The lowest BCUT2D eigenvalue weighted by Gasteiger charge is -2.17. The number of aromatic nitrogens is 2. The summed E-state index contributed by atoms with van der Waals surface area (Å²) in [7, 11) is 0. The minimum absolute atomic E-state index is 0.336. The number of carbonyl (C=O) groups excluding carboxylic acids is 1. The van der Waals surface area contributed by atoms with Gasteiger partial charge in [-0.3, -0.25) is 0 Å². The Morgan fingerprint density at radius 1 is 1.41 bits per heavy atom. The molecule has 0 saturated carbocycles. The second-order valence-corrected chi connectivity index (χ2v) is 5.40. The van der Waals surface area contributed by atoms with Crippen LogP contribution in [0.15, 0.2) is 30.4 Å². The number of alkyl halides is 2. The molecule has 0 bridgehead atoms. The largest absolute Gasteiger partial charge is 0.462 e. The van der Waals surface area contributed by atoms with Crippen LogP contribution in [-0.4, -0.2) is 22.5 Å². The van der Waals surface area contributed by atoms with Gasteiger partial charge < -0.3 is 9.72 Å². The number of allylic oxidation sites excluding steroid dienone is 2. The fraction of sp³-hybridized carbons (Fsp3) is 0.375. The smallest absolute Gasteiger partial charge is 0.338 e. The van der Waals surface area contributed by atoms with Crippen LogP contribution in [0.25, 0.3) is 11.0 Å². The van der Waals surface area contributed by atoms with Crippen molar-refractivity contribution in [2.45, 2.75) is 25.7 Å². The van der Waals surface area contributed by atoms with Crippen molar-refractivity contribution in [2.24, 2.45) is 5.92 Å². The molecule has 1 N–H and O–H groups in total. The molecule has 116 valence electrons. The highest BCUT2D eigenvalue weighted by Crippen LogP contribution is 2.22. The number of benzene rings is 1. The number of hydrogen-bond donors (Lipinski definition) is 1. The van der Waals surface area contributed by atoms with Gasteiger partial charge in [0, 0.05) is 0 Å². The zero-order valence-corrected chi connectivity index (χ0v) is 11.9. The van der Waals surface area contributed by atoms with Crippen LogP contribution in [0.4, 0.5) is 8.78 Å². The highest BCUT2D eigenvalue weighted by atomic mass is 19.3. The Balaban J connectivity index is 1.69. The average Bonchev–Trinajstić information content (AvgIpc) is 2.97. The average molecular weight is 306 g/mol. The van der Waals surface area contributed by atoms with Crippen molar-refractivity contribution in [1.29, 1.82) is 0 Å². The third-order valence-corrected chi connectivity index (χ3v) is 3.77. The van der Waals surface area contributed by atoms with E-state index < -0.39 is 18.2 Å². The van der Waals surface area contributed by atoms with Gasteiger partial charge in [0.25, 0.3) is 6.43 Å². The van der Waals surface area contributed by atoms with Gasteiger partial charge in [0.15, 0.2) is 5.82 Å². The normalized spacial score (nSPS) is 18.0. The number of fused-ring (bicyclic) bond motifs is 1. The second kappa shape index (κ2) is 6.25. The summed E-state index contributed by atoms with van der Waals surface area (Å²) >= 11 is 0. The van der Waals surface area contributed by atoms with Gasteiger partial charge in [-0.2, -0.15) is 0 Å². The summed E-state index contributed by atoms with van der Waals surface area (Å²) in [5.74, 6) is -0.477. The molecule has 0 amide bonds. The fourth-order valence-electron chi connectivity index (χ4n) is 2.54. The monoisotopic (exact) mass is 306 g/mol. The number of carbonyl (C=O) groups is 1. The van der Waals surface area contributed by atoms with E-state index in [4.69, 9.17) is 4.74 Å². The van der Waals surface area contributed by atoms with Gasteiger partial charge in [-0.25, -0.2) is 18.6 Å². The summed E-state index contributed by atoms with van der Waals surface area (Å²) in [6, 6.07) is 4.58. The number of H-pyrrole nitrogens is 1. The molecule has 1 unspecified atom stereocenters. The number of nitrogens with zero attached hydrogens (tertiary/aromatic N) is 1. The van der Waals surface area contributed by atoms with Crippen LogP contribution in [0.2, 0.25) is 0 Å². The molecule has 1 atom stereocenters. The van der Waals surface area contributed by atoms with Crippen LogP contribution in [0.1, 0.15) is 41.9 Å². The third-order valence-electron chi connectivity index (χ3n) is 3.77. The predicted molar refractivity (Wildman–Crippen MR) is 77.8 cm³/mol. The predicted octanol–water partition coefficient (Wildman–Crippen LogP) is 4.01. The van der Waals surface area contributed by atoms with Crippen LogP contribution in [0, 0.1) is 5.92 Å². The molecule has 1 heterocycles. The van der Waals surface area contributed by atoms with Gasteiger partial charge in [0.2, 0.25) is 0 Å². The van der Waals surface area contributed by atoms with Crippen LogP contribution in [0.3, 0.4) is 0 Å². The molecule has 22 heavy (non-hydrogen) atoms. The lowest BCUT2D eigenvalue weighted by molar-refractivity contribution is 0.0432. The van der Waals surface area contributed by atoms with Gasteiger partial charge in [0.05, 0.1) is 23.2 Å². The van der Waals surface area contributed by atoms with E-state index in [-0.39, 0.29) is 0 Å². The highest BCUT2D eigenvalue weighted by Gasteiger charge is 2.16. The molecule has 3 rings (SSSR count). The van der Waals surface area contributed by atoms with Crippen LogP contribution >= 0.6 is 0 Å². The third kappa shape index (κ3) is 3.16. The second-order valence-electron chi connectivity index (χ2n) is 5.40. The number of imidazole rings is 1. The Labute approximate surface area is 126 Å². The van der Waals surface area contributed by atoms with Crippen LogP contribution < -0.4 is 0 Å². The molecule has 4 nitrogen and oxygen atoms in total. The van der Waals surface area contributed by atoms with E-state index in [0.29, 0.717) is 29.1 Å². The summed E-state index contributed by atoms with van der Waals surface area (Å²) < 4.78 is 30.5. The molecule has 1 aromatic carbocycles. The number of hydrogen-bond acceptors (Lipinski definition) is 3. The maximum Gasteiger partial charge on any atom is 0.338 e. The topological polar surface area (TPSA) is 55.0 Å². The van der Waals surface area contributed by atoms with E-state index in [1.807, 2.05) is 0 Å². The zero-order valence-electron chi connectivity index (χ0n) is 11.9. The number of halogens is 2. The van der Waals surface area contributed by atoms with Gasteiger partial charge in [-0.15, -0.1) is 0 Å². The molecule has 1 aliphatic carbocycles. The first-order valence-electron chi connectivity index (χ1n) is 7.23. The molecule has 0 radical (unpaired) electrons. The Bertz CT molecular complexity index is 709. The van der Waals surface area contributed by atoms with Crippen molar-refractivity contribution < 1.29 is 18.3 Å². The van der Waals surface area contributed by atoms with Gasteiger partial charge in [0.1, 0.15) is 0 Å².